The van der Waals surface area contributed by atoms with Gasteiger partial charge >= 0.3 is 6.09 Å². The van der Waals surface area contributed by atoms with Crippen LogP contribution in [0.25, 0.3) is 28.2 Å². The molecule has 2 aliphatic carbocycles. The average Bonchev–Trinajstić information content (AvgIpc) is 3.53. The molecule has 2 aliphatic rings. The number of alkyl carbamates (subject to hydrolysis) is 1. The van der Waals surface area contributed by atoms with Crippen LogP contribution in [0.4, 0.5) is 10.5 Å². The monoisotopic (exact) mass is 515 g/mol. The molecular weight excluding hydrogens is 486 g/mol. The van der Waals surface area contributed by atoms with Gasteiger partial charge in [-0.3, -0.25) is 4.98 Å². The van der Waals surface area contributed by atoms with Gasteiger partial charge in [-0.15, -0.1) is 5.10 Å². The molecule has 6 rings (SSSR count). The second kappa shape index (κ2) is 10.9. The maximum absolute atomic E-state index is 10.5. The summed E-state index contributed by atoms with van der Waals surface area (Å²) >= 11 is 0. The summed E-state index contributed by atoms with van der Waals surface area (Å²) in [5.41, 5.74) is 10.9. The smallest absolute Gasteiger partial charge is 0.406 e. The normalized spacial score (nSPS) is 18.4. The van der Waals surface area contributed by atoms with Crippen molar-refractivity contribution in [3.05, 3.63) is 48.4 Å². The van der Waals surface area contributed by atoms with Crippen molar-refractivity contribution < 1.29 is 14.6 Å². The molecule has 0 aliphatic heterocycles. The fourth-order valence-corrected chi connectivity index (χ4v) is 4.43. The molecule has 4 heterocycles. The lowest BCUT2D eigenvalue weighted by Crippen LogP contribution is -2.31. The lowest BCUT2D eigenvalue weighted by Gasteiger charge is -2.30. The molecule has 0 aromatic carbocycles. The van der Waals surface area contributed by atoms with Crippen molar-refractivity contribution in [2.24, 2.45) is 5.92 Å². The van der Waals surface area contributed by atoms with Crippen LogP contribution in [0.1, 0.15) is 43.7 Å². The Balaban J connectivity index is 0.000000249. The standard InChI is InChI=1S/C19H16N8O.C7H13NO2/c20-7-11-3-12-1-2-19(27(12)23-8-11)17-6-16(21)15(9-22-17)18-10-26(25-24-18)13-4-14(28)5-13;1-10-7(9)8-5-6-3-2-4-6/h1-3,6,8-10,13-14,28H,4-5H2,(H2,21,22);6H,2-5H2,1H3,(H,8,9). The number of nitriles is 1. The van der Waals surface area contributed by atoms with Crippen LogP contribution in [-0.2, 0) is 4.74 Å². The van der Waals surface area contributed by atoms with E-state index in [9.17, 15) is 9.90 Å². The Bertz CT molecular complexity index is 1480. The largest absolute Gasteiger partial charge is 0.453 e. The Morgan fingerprint density at radius 3 is 2.74 bits per heavy atom. The molecule has 196 valence electrons. The summed E-state index contributed by atoms with van der Waals surface area (Å²) in [6.07, 6.45) is 9.67. The van der Waals surface area contributed by atoms with E-state index in [2.05, 4.69) is 36.5 Å². The van der Waals surface area contributed by atoms with Crippen molar-refractivity contribution in [1.29, 1.82) is 5.26 Å². The second-order valence-electron chi connectivity index (χ2n) is 9.60. The van der Waals surface area contributed by atoms with E-state index in [1.807, 2.05) is 18.3 Å². The number of nitrogen functional groups attached to an aromatic ring is 1. The van der Waals surface area contributed by atoms with E-state index >= 15 is 0 Å². The molecule has 0 bridgehead atoms. The molecule has 1 amide bonds. The number of methoxy groups -OCH3 is 1. The van der Waals surface area contributed by atoms with Gasteiger partial charge in [-0.05, 0) is 55.9 Å². The van der Waals surface area contributed by atoms with Gasteiger partial charge in [0.25, 0.3) is 0 Å². The number of aliphatic hydroxyl groups excluding tert-OH is 1. The maximum Gasteiger partial charge on any atom is 0.406 e. The Labute approximate surface area is 219 Å². The Morgan fingerprint density at radius 2 is 2.08 bits per heavy atom. The average molecular weight is 516 g/mol. The van der Waals surface area contributed by atoms with Crippen molar-refractivity contribution in [2.45, 2.75) is 44.2 Å². The summed E-state index contributed by atoms with van der Waals surface area (Å²) in [5.74, 6) is 0.707. The van der Waals surface area contributed by atoms with Gasteiger partial charge in [0.1, 0.15) is 11.8 Å². The zero-order valence-corrected chi connectivity index (χ0v) is 21.0. The number of aromatic nitrogens is 6. The molecule has 0 atom stereocenters. The van der Waals surface area contributed by atoms with E-state index < -0.39 is 0 Å². The summed E-state index contributed by atoms with van der Waals surface area (Å²) in [6, 6.07) is 9.59. The molecule has 12 nitrogen and oxygen atoms in total. The van der Waals surface area contributed by atoms with Crippen LogP contribution in [0.15, 0.2) is 42.9 Å². The predicted molar refractivity (Wildman–Crippen MR) is 139 cm³/mol. The van der Waals surface area contributed by atoms with Crippen molar-refractivity contribution in [1.82, 2.24) is 34.9 Å². The number of nitrogens with one attached hydrogen (secondary N) is 1. The number of anilines is 1. The SMILES string of the molecule is COC(=O)NCC1CCC1.N#Cc1cnn2c(-c3cc(N)c(-c4cn(C5CC(O)C5)nn4)cn3)ccc2c1. The molecule has 0 radical (unpaired) electrons. The van der Waals surface area contributed by atoms with E-state index in [0.29, 0.717) is 47.0 Å². The first-order valence-electron chi connectivity index (χ1n) is 12.5. The highest BCUT2D eigenvalue weighted by Crippen LogP contribution is 2.33. The molecule has 0 saturated heterocycles. The first-order chi connectivity index (χ1) is 18.4. The number of hydrogen-bond acceptors (Lipinski definition) is 9. The predicted octanol–water partition coefficient (Wildman–Crippen LogP) is 2.95. The zero-order chi connectivity index (χ0) is 26.6. The number of nitrogens with zero attached hydrogens (tertiary/aromatic N) is 7. The Kier molecular flexibility index (Phi) is 7.19. The minimum Gasteiger partial charge on any atom is -0.453 e. The fraction of sp³-hybridized carbons (Fsp3) is 0.385. The minimum absolute atomic E-state index is 0.182. The number of amides is 1. The number of fused-ring (bicyclic) bond motifs is 1. The number of hydrogen-bond donors (Lipinski definition) is 3. The third kappa shape index (κ3) is 5.28. The summed E-state index contributed by atoms with van der Waals surface area (Å²) < 4.78 is 7.91. The Hall–Kier alpha value is -4.50. The molecule has 0 spiro atoms. The summed E-state index contributed by atoms with van der Waals surface area (Å²) in [5, 5.41) is 33.8. The summed E-state index contributed by atoms with van der Waals surface area (Å²) in [7, 11) is 1.39. The molecule has 38 heavy (non-hydrogen) atoms. The van der Waals surface area contributed by atoms with Crippen LogP contribution >= 0.6 is 0 Å². The van der Waals surface area contributed by atoms with Crippen molar-refractivity contribution in [3.8, 4) is 28.7 Å². The van der Waals surface area contributed by atoms with Gasteiger partial charge in [-0.2, -0.15) is 10.4 Å². The van der Waals surface area contributed by atoms with E-state index in [1.54, 1.807) is 27.5 Å². The van der Waals surface area contributed by atoms with Crippen molar-refractivity contribution in [2.75, 3.05) is 19.4 Å². The van der Waals surface area contributed by atoms with Gasteiger partial charge in [-0.1, -0.05) is 11.6 Å². The van der Waals surface area contributed by atoms with Crippen molar-refractivity contribution >= 4 is 17.3 Å². The summed E-state index contributed by atoms with van der Waals surface area (Å²) in [4.78, 5) is 15.1. The molecule has 2 saturated carbocycles. The van der Waals surface area contributed by atoms with Crippen LogP contribution < -0.4 is 11.1 Å². The lowest BCUT2D eigenvalue weighted by atomic mass is 9.85. The van der Waals surface area contributed by atoms with Gasteiger partial charge in [0.05, 0.1) is 54.1 Å². The van der Waals surface area contributed by atoms with Crippen LogP contribution in [-0.4, -0.2) is 60.6 Å². The molecule has 12 heteroatoms. The summed E-state index contributed by atoms with van der Waals surface area (Å²) in [6.45, 7) is 0.784. The van der Waals surface area contributed by atoms with E-state index in [0.717, 1.165) is 17.8 Å². The molecular formula is C26H29N9O3. The van der Waals surface area contributed by atoms with Gasteiger partial charge in [0.15, 0.2) is 0 Å². The number of ether oxygens (including phenoxy) is 1. The molecule has 4 N–H and O–H groups in total. The van der Waals surface area contributed by atoms with Gasteiger partial charge in [0, 0.05) is 24.0 Å². The highest BCUT2D eigenvalue weighted by molar-refractivity contribution is 5.77. The van der Waals surface area contributed by atoms with E-state index in [4.69, 9.17) is 11.0 Å². The zero-order valence-electron chi connectivity index (χ0n) is 21.0. The van der Waals surface area contributed by atoms with Gasteiger partial charge < -0.3 is 20.9 Å². The third-order valence-corrected chi connectivity index (χ3v) is 7.02. The van der Waals surface area contributed by atoms with Gasteiger partial charge in [-0.25, -0.2) is 14.0 Å². The van der Waals surface area contributed by atoms with Crippen molar-refractivity contribution in [3.63, 3.8) is 0 Å². The quantitative estimate of drug-likeness (QED) is 0.362. The number of carbonyl (C=O) groups excluding carboxylic acids is 1. The van der Waals surface area contributed by atoms with Crippen LogP contribution in [0.3, 0.4) is 0 Å². The maximum atomic E-state index is 10.5. The first-order valence-corrected chi connectivity index (χ1v) is 12.5. The third-order valence-electron chi connectivity index (χ3n) is 7.02. The highest BCUT2D eigenvalue weighted by atomic mass is 16.5. The number of aliphatic hydroxyl groups is 1. The molecule has 4 aromatic heterocycles. The Morgan fingerprint density at radius 1 is 1.26 bits per heavy atom. The van der Waals surface area contributed by atoms with Crippen LogP contribution in [0, 0.1) is 17.2 Å². The molecule has 2 fully saturated rings. The number of nitrogens with two attached hydrogens (primary N) is 1. The number of carbonyl (C=O) groups is 1. The molecule has 4 aromatic rings. The van der Waals surface area contributed by atoms with E-state index in [-0.39, 0.29) is 18.2 Å². The first kappa shape index (κ1) is 25.2. The van der Waals surface area contributed by atoms with Gasteiger partial charge in [0.2, 0.25) is 0 Å². The molecule has 0 unspecified atom stereocenters. The number of pyridine rings is 1. The second-order valence-corrected chi connectivity index (χ2v) is 9.60. The topological polar surface area (TPSA) is 169 Å². The fourth-order valence-electron chi connectivity index (χ4n) is 4.43. The highest BCUT2D eigenvalue weighted by Gasteiger charge is 2.30. The number of rotatable bonds is 5. The minimum atomic E-state index is -0.313. The lowest BCUT2D eigenvalue weighted by molar-refractivity contribution is 0.0426. The van der Waals surface area contributed by atoms with Crippen LogP contribution in [0.5, 0.6) is 0 Å². The van der Waals surface area contributed by atoms with Crippen LogP contribution in [0.2, 0.25) is 0 Å². The van der Waals surface area contributed by atoms with E-state index in [1.165, 1.54) is 32.6 Å².